The fourth-order valence-corrected chi connectivity index (χ4v) is 3.82. The van der Waals surface area contributed by atoms with Gasteiger partial charge in [-0.1, -0.05) is 0 Å². The highest BCUT2D eigenvalue weighted by Crippen LogP contribution is 2.35. The smallest absolute Gasteiger partial charge is 0.168 e. The van der Waals surface area contributed by atoms with E-state index in [-0.39, 0.29) is 5.79 Å². The first-order valence-electron chi connectivity index (χ1n) is 8.54. The van der Waals surface area contributed by atoms with Crippen LogP contribution in [0.3, 0.4) is 0 Å². The van der Waals surface area contributed by atoms with Gasteiger partial charge in [0.15, 0.2) is 5.79 Å². The summed E-state index contributed by atoms with van der Waals surface area (Å²) in [7, 11) is 0. The van der Waals surface area contributed by atoms with Crippen LogP contribution in [0.5, 0.6) is 0 Å². The van der Waals surface area contributed by atoms with Gasteiger partial charge in [0.05, 0.1) is 26.4 Å². The molecule has 0 radical (unpaired) electrons. The Hall–Kier alpha value is -0.200. The summed E-state index contributed by atoms with van der Waals surface area (Å²) in [4.78, 5) is 2.54. The van der Waals surface area contributed by atoms with Crippen molar-refractivity contribution >= 4 is 0 Å². The second kappa shape index (κ2) is 6.92. The Morgan fingerprint density at radius 3 is 2.24 bits per heavy atom. The minimum absolute atomic E-state index is 0.239. The quantitative estimate of drug-likeness (QED) is 0.849. The summed E-state index contributed by atoms with van der Waals surface area (Å²) in [6.07, 6.45) is 4.37. The van der Waals surface area contributed by atoms with Crippen molar-refractivity contribution in [3.63, 3.8) is 0 Å². The molecule has 0 bridgehead atoms. The lowest BCUT2D eigenvalue weighted by Crippen LogP contribution is -2.54. The fraction of sp³-hybridized carbons (Fsp3) is 1.00. The average Bonchev–Trinajstić information content (AvgIpc) is 2.98. The molecule has 21 heavy (non-hydrogen) atoms. The van der Waals surface area contributed by atoms with Crippen molar-refractivity contribution in [1.29, 1.82) is 0 Å². The Morgan fingerprint density at radius 1 is 1.00 bits per heavy atom. The SMILES string of the molecule is C[C@@H](NC1CCC2(CC1)OCCO2)[C@H](C)N1CCOCC1. The predicted molar refractivity (Wildman–Crippen MR) is 81.3 cm³/mol. The molecule has 2 aliphatic heterocycles. The summed E-state index contributed by atoms with van der Waals surface area (Å²) < 4.78 is 17.1. The second-order valence-corrected chi connectivity index (χ2v) is 6.73. The molecule has 1 N–H and O–H groups in total. The molecule has 1 spiro atoms. The first-order chi connectivity index (χ1) is 10.2. The molecular formula is C16H30N2O3. The lowest BCUT2D eigenvalue weighted by molar-refractivity contribution is -0.179. The van der Waals surface area contributed by atoms with E-state index in [0.29, 0.717) is 18.1 Å². The molecule has 0 aromatic rings. The van der Waals surface area contributed by atoms with Crippen molar-refractivity contribution in [2.24, 2.45) is 0 Å². The number of rotatable bonds is 4. The second-order valence-electron chi connectivity index (χ2n) is 6.73. The summed E-state index contributed by atoms with van der Waals surface area (Å²) in [5, 5.41) is 3.83. The first kappa shape index (κ1) is 15.7. The number of hydrogen-bond acceptors (Lipinski definition) is 5. The fourth-order valence-electron chi connectivity index (χ4n) is 3.82. The van der Waals surface area contributed by atoms with E-state index in [2.05, 4.69) is 24.1 Å². The van der Waals surface area contributed by atoms with Crippen LogP contribution in [0.4, 0.5) is 0 Å². The molecule has 0 unspecified atom stereocenters. The van der Waals surface area contributed by atoms with Crippen LogP contribution in [0.15, 0.2) is 0 Å². The molecule has 0 aromatic carbocycles. The number of nitrogens with zero attached hydrogens (tertiary/aromatic N) is 1. The molecular weight excluding hydrogens is 268 g/mol. The van der Waals surface area contributed by atoms with Crippen molar-refractivity contribution in [3.8, 4) is 0 Å². The minimum Gasteiger partial charge on any atom is -0.379 e. The first-order valence-corrected chi connectivity index (χ1v) is 8.54. The lowest BCUT2D eigenvalue weighted by atomic mass is 9.89. The Morgan fingerprint density at radius 2 is 1.62 bits per heavy atom. The number of morpholine rings is 1. The van der Waals surface area contributed by atoms with E-state index in [1.54, 1.807) is 0 Å². The highest BCUT2D eigenvalue weighted by molar-refractivity contribution is 4.88. The maximum Gasteiger partial charge on any atom is 0.168 e. The van der Waals surface area contributed by atoms with Crippen LogP contribution in [0.2, 0.25) is 0 Å². The molecule has 1 saturated carbocycles. The van der Waals surface area contributed by atoms with Crippen molar-refractivity contribution < 1.29 is 14.2 Å². The molecule has 2 heterocycles. The number of ether oxygens (including phenoxy) is 3. The molecule has 3 rings (SSSR count). The third-order valence-electron chi connectivity index (χ3n) is 5.40. The summed E-state index contributed by atoms with van der Waals surface area (Å²) in [6.45, 7) is 10.0. The molecule has 3 fully saturated rings. The van der Waals surface area contributed by atoms with Crippen LogP contribution in [-0.2, 0) is 14.2 Å². The zero-order valence-corrected chi connectivity index (χ0v) is 13.5. The van der Waals surface area contributed by atoms with Crippen molar-refractivity contribution in [2.45, 2.75) is 63.4 Å². The summed E-state index contributed by atoms with van der Waals surface area (Å²) in [6, 6.07) is 1.67. The summed E-state index contributed by atoms with van der Waals surface area (Å²) in [5.41, 5.74) is 0. The highest BCUT2D eigenvalue weighted by atomic mass is 16.7. The minimum atomic E-state index is -0.239. The monoisotopic (exact) mass is 298 g/mol. The van der Waals surface area contributed by atoms with E-state index in [1.165, 1.54) is 0 Å². The maximum absolute atomic E-state index is 5.81. The van der Waals surface area contributed by atoms with Gasteiger partial charge in [0, 0.05) is 44.1 Å². The van der Waals surface area contributed by atoms with Crippen molar-refractivity contribution in [2.75, 3.05) is 39.5 Å². The van der Waals surface area contributed by atoms with Crippen LogP contribution < -0.4 is 5.32 Å². The Kier molecular flexibility index (Phi) is 5.17. The molecule has 3 aliphatic rings. The van der Waals surface area contributed by atoms with Crippen LogP contribution in [0, 0.1) is 0 Å². The van der Waals surface area contributed by atoms with E-state index in [9.17, 15) is 0 Å². The van der Waals surface area contributed by atoms with Crippen LogP contribution >= 0.6 is 0 Å². The molecule has 2 saturated heterocycles. The van der Waals surface area contributed by atoms with Gasteiger partial charge in [-0.15, -0.1) is 0 Å². The Labute approximate surface area is 128 Å². The van der Waals surface area contributed by atoms with Gasteiger partial charge in [-0.3, -0.25) is 4.90 Å². The van der Waals surface area contributed by atoms with E-state index in [4.69, 9.17) is 14.2 Å². The van der Waals surface area contributed by atoms with Crippen LogP contribution in [-0.4, -0.2) is 68.3 Å². The van der Waals surface area contributed by atoms with Crippen molar-refractivity contribution in [3.05, 3.63) is 0 Å². The third kappa shape index (κ3) is 3.77. The van der Waals surface area contributed by atoms with Crippen LogP contribution in [0.25, 0.3) is 0 Å². The number of hydrogen-bond donors (Lipinski definition) is 1. The average molecular weight is 298 g/mol. The van der Waals surface area contributed by atoms with Gasteiger partial charge in [0.1, 0.15) is 0 Å². The Bertz CT molecular complexity index is 317. The van der Waals surface area contributed by atoms with Gasteiger partial charge in [0.25, 0.3) is 0 Å². The molecule has 0 aromatic heterocycles. The van der Waals surface area contributed by atoms with Gasteiger partial charge in [0.2, 0.25) is 0 Å². The van der Waals surface area contributed by atoms with E-state index in [1.807, 2.05) is 0 Å². The molecule has 1 aliphatic carbocycles. The van der Waals surface area contributed by atoms with E-state index in [0.717, 1.165) is 65.2 Å². The predicted octanol–water partition coefficient (Wildman–Crippen LogP) is 1.37. The van der Waals surface area contributed by atoms with Gasteiger partial charge in [-0.05, 0) is 26.7 Å². The van der Waals surface area contributed by atoms with Gasteiger partial charge in [-0.2, -0.15) is 0 Å². The van der Waals surface area contributed by atoms with Gasteiger partial charge < -0.3 is 19.5 Å². The molecule has 5 nitrogen and oxygen atoms in total. The Balaban J connectivity index is 1.43. The lowest BCUT2D eigenvalue weighted by Gasteiger charge is -2.40. The maximum atomic E-state index is 5.81. The van der Waals surface area contributed by atoms with E-state index >= 15 is 0 Å². The zero-order chi connectivity index (χ0) is 14.7. The summed E-state index contributed by atoms with van der Waals surface area (Å²) in [5.74, 6) is -0.239. The molecule has 122 valence electrons. The highest BCUT2D eigenvalue weighted by Gasteiger charge is 2.40. The number of nitrogens with one attached hydrogen (secondary N) is 1. The summed E-state index contributed by atoms with van der Waals surface area (Å²) >= 11 is 0. The third-order valence-corrected chi connectivity index (χ3v) is 5.40. The van der Waals surface area contributed by atoms with Crippen LogP contribution in [0.1, 0.15) is 39.5 Å². The largest absolute Gasteiger partial charge is 0.379 e. The van der Waals surface area contributed by atoms with E-state index < -0.39 is 0 Å². The zero-order valence-electron chi connectivity index (χ0n) is 13.5. The normalized spacial score (nSPS) is 30.6. The van der Waals surface area contributed by atoms with Crippen molar-refractivity contribution in [1.82, 2.24) is 10.2 Å². The molecule has 2 atom stereocenters. The van der Waals surface area contributed by atoms with Gasteiger partial charge >= 0.3 is 0 Å². The molecule has 5 heteroatoms. The standard InChI is InChI=1S/C16H30N2O3/c1-13(14(2)18-7-9-19-10-8-18)17-15-3-5-16(6-4-15)20-11-12-21-16/h13-15,17H,3-12H2,1-2H3/t13-,14+/m1/s1. The topological polar surface area (TPSA) is 43.0 Å². The van der Waals surface area contributed by atoms with Gasteiger partial charge in [-0.25, -0.2) is 0 Å². The molecule has 0 amide bonds.